The third-order valence-electron chi connectivity index (χ3n) is 2.25. The molecule has 0 amide bonds. The van der Waals surface area contributed by atoms with Crippen LogP contribution >= 0.6 is 12.1 Å². The molecule has 1 rings (SSSR count). The summed E-state index contributed by atoms with van der Waals surface area (Å²) >= 11 is 0.153. The molecule has 1 atom stereocenters. The minimum Gasteiger partial charge on any atom is -0.303 e. The fourth-order valence-corrected chi connectivity index (χ4v) is 1.96. The zero-order valence-corrected chi connectivity index (χ0v) is 11.4. The summed E-state index contributed by atoms with van der Waals surface area (Å²) in [7, 11) is 0. The standard InChI is InChI=1S/C13H18FNOS/c1-9(15-13(2,3)4)12(16)10-6-5-7-11(8-10)17-14/h5-9,15H,1-4H3. The Morgan fingerprint density at radius 1 is 1.41 bits per heavy atom. The Morgan fingerprint density at radius 2 is 2.06 bits per heavy atom. The summed E-state index contributed by atoms with van der Waals surface area (Å²) in [5.41, 5.74) is 0.415. The lowest BCUT2D eigenvalue weighted by molar-refractivity contribution is 0.0935. The van der Waals surface area contributed by atoms with Crippen LogP contribution in [0.5, 0.6) is 0 Å². The maximum absolute atomic E-state index is 12.4. The number of benzene rings is 1. The van der Waals surface area contributed by atoms with E-state index in [2.05, 4.69) is 5.32 Å². The fourth-order valence-electron chi connectivity index (χ4n) is 1.66. The zero-order valence-electron chi connectivity index (χ0n) is 10.6. The van der Waals surface area contributed by atoms with Crippen LogP contribution in [-0.2, 0) is 0 Å². The molecular weight excluding hydrogens is 237 g/mol. The van der Waals surface area contributed by atoms with E-state index in [-0.39, 0.29) is 29.5 Å². The molecule has 1 aromatic rings. The Hall–Kier alpha value is -0.870. The highest BCUT2D eigenvalue weighted by Gasteiger charge is 2.20. The van der Waals surface area contributed by atoms with Crippen LogP contribution in [0.15, 0.2) is 29.2 Å². The number of halogens is 1. The molecule has 1 N–H and O–H groups in total. The van der Waals surface area contributed by atoms with E-state index in [0.29, 0.717) is 10.5 Å². The van der Waals surface area contributed by atoms with E-state index in [1.165, 1.54) is 0 Å². The van der Waals surface area contributed by atoms with Crippen LogP contribution in [-0.4, -0.2) is 17.4 Å². The molecule has 4 heteroatoms. The highest BCUT2D eigenvalue weighted by Crippen LogP contribution is 2.20. The molecule has 0 radical (unpaired) electrons. The van der Waals surface area contributed by atoms with Crippen molar-refractivity contribution in [3.63, 3.8) is 0 Å². The van der Waals surface area contributed by atoms with Crippen LogP contribution in [0.1, 0.15) is 38.1 Å². The van der Waals surface area contributed by atoms with E-state index in [1.54, 1.807) is 24.3 Å². The minimum atomic E-state index is -0.283. The summed E-state index contributed by atoms with van der Waals surface area (Å²) in [5.74, 6) is -0.0178. The topological polar surface area (TPSA) is 29.1 Å². The molecular formula is C13H18FNOS. The quantitative estimate of drug-likeness (QED) is 0.833. The van der Waals surface area contributed by atoms with Gasteiger partial charge >= 0.3 is 0 Å². The second-order valence-electron chi connectivity index (χ2n) is 5.09. The van der Waals surface area contributed by atoms with E-state index < -0.39 is 0 Å². The SMILES string of the molecule is CC(NC(C)(C)C)C(=O)c1cccc(SF)c1. The smallest absolute Gasteiger partial charge is 0.179 e. The van der Waals surface area contributed by atoms with Crippen molar-refractivity contribution in [2.75, 3.05) is 0 Å². The van der Waals surface area contributed by atoms with Gasteiger partial charge in [-0.2, -0.15) is 3.89 Å². The average Bonchev–Trinajstić information content (AvgIpc) is 2.26. The molecule has 2 nitrogen and oxygen atoms in total. The van der Waals surface area contributed by atoms with Crippen molar-refractivity contribution in [2.45, 2.75) is 44.2 Å². The molecule has 0 aliphatic carbocycles. The molecule has 1 unspecified atom stereocenters. The highest BCUT2D eigenvalue weighted by molar-refractivity contribution is 7.94. The lowest BCUT2D eigenvalue weighted by atomic mass is 10.0. The van der Waals surface area contributed by atoms with Gasteiger partial charge in [0.05, 0.1) is 18.2 Å². The average molecular weight is 255 g/mol. The van der Waals surface area contributed by atoms with E-state index >= 15 is 0 Å². The van der Waals surface area contributed by atoms with Crippen molar-refractivity contribution >= 4 is 17.9 Å². The second kappa shape index (κ2) is 5.65. The third-order valence-corrected chi connectivity index (χ3v) is 2.68. The zero-order chi connectivity index (χ0) is 13.1. The highest BCUT2D eigenvalue weighted by atomic mass is 32.2. The van der Waals surface area contributed by atoms with Gasteiger partial charge in [0.2, 0.25) is 0 Å². The molecule has 17 heavy (non-hydrogen) atoms. The fraction of sp³-hybridized carbons (Fsp3) is 0.462. The van der Waals surface area contributed by atoms with Gasteiger partial charge < -0.3 is 5.32 Å². The molecule has 0 bridgehead atoms. The van der Waals surface area contributed by atoms with Gasteiger partial charge in [0.1, 0.15) is 0 Å². The van der Waals surface area contributed by atoms with Crippen molar-refractivity contribution in [1.29, 1.82) is 0 Å². The number of rotatable bonds is 4. The molecule has 0 aliphatic heterocycles. The first-order chi connectivity index (χ1) is 7.83. The summed E-state index contributed by atoms with van der Waals surface area (Å²) < 4.78 is 12.4. The molecule has 0 aromatic heterocycles. The molecule has 0 spiro atoms. The summed E-state index contributed by atoms with van der Waals surface area (Å²) in [6.07, 6.45) is 0. The van der Waals surface area contributed by atoms with Gasteiger partial charge in [0.15, 0.2) is 5.78 Å². The van der Waals surface area contributed by atoms with Gasteiger partial charge in [-0.1, -0.05) is 12.1 Å². The Balaban J connectivity index is 2.81. The lowest BCUT2D eigenvalue weighted by Gasteiger charge is -2.25. The molecule has 0 saturated carbocycles. The van der Waals surface area contributed by atoms with Gasteiger partial charge in [0.25, 0.3) is 0 Å². The number of carbonyl (C=O) groups is 1. The molecule has 94 valence electrons. The molecule has 0 fully saturated rings. The summed E-state index contributed by atoms with van der Waals surface area (Å²) in [5, 5.41) is 3.20. The molecule has 1 aromatic carbocycles. The Kier molecular flexibility index (Phi) is 4.71. The van der Waals surface area contributed by atoms with Gasteiger partial charge in [-0.3, -0.25) is 4.79 Å². The van der Waals surface area contributed by atoms with Crippen molar-refractivity contribution in [3.05, 3.63) is 29.8 Å². The molecule has 0 saturated heterocycles. The first-order valence-electron chi connectivity index (χ1n) is 5.54. The molecule has 0 heterocycles. The second-order valence-corrected chi connectivity index (χ2v) is 5.71. The lowest BCUT2D eigenvalue weighted by Crippen LogP contribution is -2.46. The van der Waals surface area contributed by atoms with Crippen LogP contribution in [0.25, 0.3) is 0 Å². The van der Waals surface area contributed by atoms with Crippen LogP contribution in [0.4, 0.5) is 3.89 Å². The van der Waals surface area contributed by atoms with Crippen molar-refractivity contribution in [1.82, 2.24) is 5.32 Å². The van der Waals surface area contributed by atoms with Gasteiger partial charge in [-0.25, -0.2) is 0 Å². The summed E-state index contributed by atoms with van der Waals surface area (Å²) in [4.78, 5) is 12.6. The maximum Gasteiger partial charge on any atom is 0.179 e. The monoisotopic (exact) mass is 255 g/mol. The van der Waals surface area contributed by atoms with E-state index in [9.17, 15) is 8.68 Å². The van der Waals surface area contributed by atoms with E-state index in [0.717, 1.165) is 0 Å². The van der Waals surface area contributed by atoms with Crippen LogP contribution < -0.4 is 5.32 Å². The predicted octanol–water partition coefficient (Wildman–Crippen LogP) is 3.62. The van der Waals surface area contributed by atoms with Crippen molar-refractivity contribution < 1.29 is 8.68 Å². The predicted molar refractivity (Wildman–Crippen MR) is 70.1 cm³/mol. The number of carbonyl (C=O) groups excluding carboxylic acids is 1. The number of ketones is 1. The number of hydrogen-bond acceptors (Lipinski definition) is 3. The number of nitrogens with one attached hydrogen (secondary N) is 1. The van der Waals surface area contributed by atoms with Gasteiger partial charge in [-0.15, -0.1) is 0 Å². The Morgan fingerprint density at radius 3 is 2.59 bits per heavy atom. The van der Waals surface area contributed by atoms with Crippen LogP contribution in [0, 0.1) is 0 Å². The number of Topliss-reactive ketones (excluding diaryl/α,β-unsaturated/α-hetero) is 1. The van der Waals surface area contributed by atoms with Crippen LogP contribution in [0.3, 0.4) is 0 Å². The largest absolute Gasteiger partial charge is 0.303 e. The van der Waals surface area contributed by atoms with E-state index in [4.69, 9.17) is 0 Å². The Labute approximate surface area is 106 Å². The van der Waals surface area contributed by atoms with Gasteiger partial charge in [0, 0.05) is 16.0 Å². The van der Waals surface area contributed by atoms with Crippen LogP contribution in [0.2, 0.25) is 0 Å². The molecule has 0 aliphatic rings. The minimum absolute atomic E-state index is 0.0178. The number of hydrogen-bond donors (Lipinski definition) is 1. The first-order valence-corrected chi connectivity index (χ1v) is 6.26. The van der Waals surface area contributed by atoms with Gasteiger partial charge in [-0.05, 0) is 39.8 Å². The summed E-state index contributed by atoms with van der Waals surface area (Å²) in [6.45, 7) is 7.84. The first kappa shape index (κ1) is 14.2. The normalized spacial score (nSPS) is 13.5. The van der Waals surface area contributed by atoms with Crippen molar-refractivity contribution in [3.8, 4) is 0 Å². The third kappa shape index (κ3) is 4.48. The maximum atomic E-state index is 12.4. The summed E-state index contributed by atoms with van der Waals surface area (Å²) in [6, 6.07) is 6.34. The van der Waals surface area contributed by atoms with E-state index in [1.807, 2.05) is 27.7 Å². The Bertz CT molecular complexity index is 401. The van der Waals surface area contributed by atoms with Crippen molar-refractivity contribution in [2.24, 2.45) is 0 Å².